The minimum atomic E-state index is -0.444. The molecule has 0 unspecified atom stereocenters. The van der Waals surface area contributed by atoms with Crippen molar-refractivity contribution in [1.29, 1.82) is 0 Å². The minimum Gasteiger partial charge on any atom is -0.466 e. The summed E-state index contributed by atoms with van der Waals surface area (Å²) in [5, 5.41) is 2.70. The van der Waals surface area contributed by atoms with E-state index in [-0.39, 0.29) is 12.5 Å². The van der Waals surface area contributed by atoms with Crippen molar-refractivity contribution in [2.24, 2.45) is 0 Å². The highest BCUT2D eigenvalue weighted by Gasteiger charge is 2.10. The second-order valence-electron chi connectivity index (χ2n) is 3.44. The van der Waals surface area contributed by atoms with Gasteiger partial charge >= 0.3 is 5.97 Å². The summed E-state index contributed by atoms with van der Waals surface area (Å²) in [5.41, 5.74) is 0.591. The summed E-state index contributed by atoms with van der Waals surface area (Å²) in [4.78, 5) is 27.6. The smallest absolute Gasteiger partial charge is 0.330 e. The second kappa shape index (κ2) is 8.31. The largest absolute Gasteiger partial charge is 0.466 e. The average Bonchev–Trinajstić information content (AvgIpc) is 2.44. The summed E-state index contributed by atoms with van der Waals surface area (Å²) < 4.78 is 4.44. The molecule has 1 N–H and O–H groups in total. The highest BCUT2D eigenvalue weighted by atomic mass is 32.2. The Labute approximate surface area is 116 Å². The molecule has 0 radical (unpaired) electrons. The van der Waals surface area contributed by atoms with Crippen LogP contribution >= 0.6 is 11.8 Å². The van der Waals surface area contributed by atoms with Gasteiger partial charge in [0, 0.05) is 29.9 Å². The lowest BCUT2D eigenvalue weighted by Crippen LogP contribution is -2.24. The van der Waals surface area contributed by atoms with Crippen LogP contribution in [0.15, 0.2) is 35.5 Å². The van der Waals surface area contributed by atoms with E-state index in [4.69, 9.17) is 0 Å². The number of carbonyl (C=O) groups is 2. The first-order chi connectivity index (χ1) is 9.19. The number of aromatic nitrogens is 1. The number of rotatable bonds is 6. The SMILES string of the molecule is CCSc1cnccc1C(=O)NC/C=C/C(=O)OC. The van der Waals surface area contributed by atoms with Crippen LogP contribution in [0.1, 0.15) is 17.3 Å². The Morgan fingerprint density at radius 2 is 2.32 bits per heavy atom. The van der Waals surface area contributed by atoms with E-state index in [1.54, 1.807) is 30.2 Å². The van der Waals surface area contributed by atoms with Crippen molar-refractivity contribution < 1.29 is 14.3 Å². The maximum absolute atomic E-state index is 12.0. The third kappa shape index (κ3) is 5.13. The first-order valence-electron chi connectivity index (χ1n) is 5.78. The van der Waals surface area contributed by atoms with Gasteiger partial charge in [-0.05, 0) is 11.8 Å². The summed E-state index contributed by atoms with van der Waals surface area (Å²) in [6, 6.07) is 1.68. The molecular formula is C13H16N2O3S. The lowest BCUT2D eigenvalue weighted by Gasteiger charge is -2.07. The van der Waals surface area contributed by atoms with Gasteiger partial charge in [0.05, 0.1) is 12.7 Å². The molecule has 0 atom stereocenters. The molecule has 102 valence electrons. The van der Waals surface area contributed by atoms with E-state index in [2.05, 4.69) is 15.0 Å². The van der Waals surface area contributed by atoms with Gasteiger partial charge in [-0.15, -0.1) is 11.8 Å². The zero-order valence-electron chi connectivity index (χ0n) is 10.9. The molecule has 19 heavy (non-hydrogen) atoms. The van der Waals surface area contributed by atoms with Gasteiger partial charge in [0.1, 0.15) is 0 Å². The molecule has 0 spiro atoms. The molecule has 0 aliphatic heterocycles. The van der Waals surface area contributed by atoms with Crippen LogP contribution in [0.3, 0.4) is 0 Å². The van der Waals surface area contributed by atoms with Gasteiger partial charge in [0.2, 0.25) is 0 Å². The number of hydrogen-bond donors (Lipinski definition) is 1. The molecule has 1 amide bonds. The van der Waals surface area contributed by atoms with Crippen molar-refractivity contribution in [3.63, 3.8) is 0 Å². The molecular weight excluding hydrogens is 264 g/mol. The van der Waals surface area contributed by atoms with E-state index in [0.29, 0.717) is 5.56 Å². The molecule has 1 rings (SSSR count). The molecule has 0 aliphatic rings. The summed E-state index contributed by atoms with van der Waals surface area (Å²) >= 11 is 1.56. The molecule has 5 nitrogen and oxygen atoms in total. The third-order valence-corrected chi connectivity index (χ3v) is 3.09. The quantitative estimate of drug-likeness (QED) is 0.487. The second-order valence-corrected chi connectivity index (χ2v) is 4.75. The average molecular weight is 280 g/mol. The van der Waals surface area contributed by atoms with E-state index >= 15 is 0 Å². The first-order valence-corrected chi connectivity index (χ1v) is 6.77. The predicted molar refractivity (Wildman–Crippen MR) is 74.1 cm³/mol. The van der Waals surface area contributed by atoms with Gasteiger partial charge in [-0.1, -0.05) is 13.0 Å². The van der Waals surface area contributed by atoms with Crippen LogP contribution in [-0.4, -0.2) is 36.3 Å². The van der Waals surface area contributed by atoms with Gasteiger partial charge in [-0.3, -0.25) is 9.78 Å². The number of carbonyl (C=O) groups excluding carboxylic acids is 2. The van der Waals surface area contributed by atoms with E-state index < -0.39 is 5.97 Å². The Kier molecular flexibility index (Phi) is 6.67. The zero-order chi connectivity index (χ0) is 14.1. The van der Waals surface area contributed by atoms with Gasteiger partial charge in [0.15, 0.2) is 0 Å². The fourth-order valence-electron chi connectivity index (χ4n) is 1.31. The van der Waals surface area contributed by atoms with Crippen LogP contribution < -0.4 is 5.32 Å². The Balaban J connectivity index is 2.58. The number of esters is 1. The molecule has 0 bridgehead atoms. The Morgan fingerprint density at radius 3 is 3.00 bits per heavy atom. The number of hydrogen-bond acceptors (Lipinski definition) is 5. The first kappa shape index (κ1) is 15.2. The number of thioether (sulfide) groups is 1. The summed E-state index contributed by atoms with van der Waals surface area (Å²) in [6.45, 7) is 2.28. The highest BCUT2D eigenvalue weighted by Crippen LogP contribution is 2.20. The van der Waals surface area contributed by atoms with Crippen LogP contribution in [0.2, 0.25) is 0 Å². The number of nitrogens with zero attached hydrogens (tertiary/aromatic N) is 1. The summed E-state index contributed by atoms with van der Waals surface area (Å²) in [7, 11) is 1.30. The highest BCUT2D eigenvalue weighted by molar-refractivity contribution is 7.99. The van der Waals surface area contributed by atoms with E-state index in [9.17, 15) is 9.59 Å². The number of amides is 1. The molecule has 0 aromatic carbocycles. The molecule has 0 saturated heterocycles. The molecule has 1 aromatic rings. The maximum Gasteiger partial charge on any atom is 0.330 e. The number of methoxy groups -OCH3 is 1. The lowest BCUT2D eigenvalue weighted by atomic mass is 10.2. The van der Waals surface area contributed by atoms with Crippen molar-refractivity contribution in [1.82, 2.24) is 10.3 Å². The molecule has 0 aliphatic carbocycles. The molecule has 6 heteroatoms. The normalized spacial score (nSPS) is 10.4. The van der Waals surface area contributed by atoms with Crippen molar-refractivity contribution in [2.75, 3.05) is 19.4 Å². The van der Waals surface area contributed by atoms with Crippen molar-refractivity contribution in [3.05, 3.63) is 36.2 Å². The predicted octanol–water partition coefficient (Wildman–Crippen LogP) is 1.65. The van der Waals surface area contributed by atoms with Crippen LogP contribution in [0.5, 0.6) is 0 Å². The third-order valence-electron chi connectivity index (χ3n) is 2.16. The molecule has 0 saturated carbocycles. The fraction of sp³-hybridized carbons (Fsp3) is 0.308. The van der Waals surface area contributed by atoms with Crippen LogP contribution in [-0.2, 0) is 9.53 Å². The summed E-state index contributed by atoms with van der Waals surface area (Å²) in [5.74, 6) is 0.238. The maximum atomic E-state index is 12.0. The van der Waals surface area contributed by atoms with E-state index in [1.165, 1.54) is 19.3 Å². The Morgan fingerprint density at radius 1 is 1.53 bits per heavy atom. The van der Waals surface area contributed by atoms with Crippen LogP contribution in [0.4, 0.5) is 0 Å². The minimum absolute atomic E-state index is 0.187. The number of pyridine rings is 1. The van der Waals surface area contributed by atoms with Crippen LogP contribution in [0, 0.1) is 0 Å². The van der Waals surface area contributed by atoms with Gasteiger partial charge in [0.25, 0.3) is 5.91 Å². The molecule has 1 aromatic heterocycles. The summed E-state index contributed by atoms with van der Waals surface area (Å²) in [6.07, 6.45) is 6.07. The van der Waals surface area contributed by atoms with Crippen molar-refractivity contribution in [2.45, 2.75) is 11.8 Å². The van der Waals surface area contributed by atoms with Crippen molar-refractivity contribution >= 4 is 23.6 Å². The number of ether oxygens (including phenoxy) is 1. The van der Waals surface area contributed by atoms with Gasteiger partial charge < -0.3 is 10.1 Å². The topological polar surface area (TPSA) is 68.3 Å². The van der Waals surface area contributed by atoms with Crippen molar-refractivity contribution in [3.8, 4) is 0 Å². The Hall–Kier alpha value is -1.82. The standard InChI is InChI=1S/C13H16N2O3S/c1-3-19-11-9-14-8-6-10(11)13(17)15-7-4-5-12(16)18-2/h4-6,8-9H,3,7H2,1-2H3,(H,15,17)/b5-4+. The fourth-order valence-corrected chi connectivity index (χ4v) is 2.07. The van der Waals surface area contributed by atoms with E-state index in [0.717, 1.165) is 10.6 Å². The molecule has 1 heterocycles. The van der Waals surface area contributed by atoms with Crippen LogP contribution in [0.25, 0.3) is 0 Å². The number of nitrogens with one attached hydrogen (secondary N) is 1. The monoisotopic (exact) mass is 280 g/mol. The Bertz CT molecular complexity index is 475. The zero-order valence-corrected chi connectivity index (χ0v) is 11.7. The van der Waals surface area contributed by atoms with Gasteiger partial charge in [-0.25, -0.2) is 4.79 Å². The molecule has 0 fully saturated rings. The van der Waals surface area contributed by atoms with Gasteiger partial charge in [-0.2, -0.15) is 0 Å². The van der Waals surface area contributed by atoms with E-state index in [1.807, 2.05) is 6.92 Å². The lowest BCUT2D eigenvalue weighted by molar-refractivity contribution is -0.134.